The van der Waals surface area contributed by atoms with Gasteiger partial charge in [-0.25, -0.2) is 9.78 Å². The molecule has 0 spiro atoms. The van der Waals surface area contributed by atoms with E-state index in [0.29, 0.717) is 50.9 Å². The molecule has 0 radical (unpaired) electrons. The van der Waals surface area contributed by atoms with Crippen molar-refractivity contribution in [3.05, 3.63) is 18.2 Å². The maximum atomic E-state index is 13.3. The van der Waals surface area contributed by atoms with Crippen LogP contribution < -0.4 is 27.0 Å². The van der Waals surface area contributed by atoms with Crippen molar-refractivity contribution in [1.82, 2.24) is 31.2 Å². The van der Waals surface area contributed by atoms with Crippen LogP contribution in [0.25, 0.3) is 0 Å². The lowest BCUT2D eigenvalue weighted by Gasteiger charge is -2.25. The summed E-state index contributed by atoms with van der Waals surface area (Å²) in [5.74, 6) is -4.55. The van der Waals surface area contributed by atoms with Crippen molar-refractivity contribution in [2.24, 2.45) is 17.1 Å². The van der Waals surface area contributed by atoms with Gasteiger partial charge in [-0.1, -0.05) is 117 Å². The quantitative estimate of drug-likeness (QED) is 0.0352. The van der Waals surface area contributed by atoms with E-state index in [2.05, 4.69) is 38.2 Å². The summed E-state index contributed by atoms with van der Waals surface area (Å²) in [5.41, 5.74) is 5.80. The number of aromatic nitrogens is 2. The molecule has 1 rings (SSSR count). The molecular formula is C58H101N7O15. The summed E-state index contributed by atoms with van der Waals surface area (Å²) in [6.07, 6.45) is 24.5. The van der Waals surface area contributed by atoms with Crippen LogP contribution in [-0.2, 0) is 68.5 Å². The molecule has 0 aromatic carbocycles. The normalized spacial score (nSPS) is 12.6. The SMILES string of the molecule is CCCCCCCCCCCCCCCCCC(=O)N[C@@H](CCC(=O)CCCOCCOCC(=O)NCCOCCOCC(=O)NCCCC[C@H](CCC(=O)C(C)(C)CC(=O)[C@@H](N)Cc1cnc[nH]1)C(=O)CNCC(=O)O)C(=O)O. The molecule has 0 fully saturated rings. The van der Waals surface area contributed by atoms with Crippen molar-refractivity contribution in [2.75, 3.05) is 79.0 Å². The average Bonchev–Trinajstić information content (AvgIpc) is 3.93. The maximum Gasteiger partial charge on any atom is 0.326 e. The highest BCUT2D eigenvalue weighted by atomic mass is 16.5. The van der Waals surface area contributed by atoms with E-state index in [1.807, 2.05) is 0 Å². The second-order valence-corrected chi connectivity index (χ2v) is 21.4. The van der Waals surface area contributed by atoms with Crippen LogP contribution in [0.2, 0.25) is 0 Å². The molecule has 80 heavy (non-hydrogen) atoms. The molecule has 1 aromatic rings. The Labute approximate surface area is 475 Å². The Morgan fingerprint density at radius 1 is 0.600 bits per heavy atom. The molecule has 0 aliphatic heterocycles. The number of carbonyl (C=O) groups is 9. The topological polar surface area (TPSA) is 334 Å². The average molecular weight is 1140 g/mol. The first-order valence-electron chi connectivity index (χ1n) is 29.6. The van der Waals surface area contributed by atoms with Crippen molar-refractivity contribution >= 4 is 52.8 Å². The Hall–Kier alpha value is -5.00. The number of nitrogens with two attached hydrogens (primary N) is 1. The molecule has 0 saturated heterocycles. The predicted molar refractivity (Wildman–Crippen MR) is 303 cm³/mol. The number of H-pyrrole nitrogens is 1. The van der Waals surface area contributed by atoms with Crippen molar-refractivity contribution in [3.8, 4) is 0 Å². The third-order valence-electron chi connectivity index (χ3n) is 13.7. The molecule has 0 saturated carbocycles. The minimum absolute atomic E-state index is 0.0326. The standard InChI is InChI=1S/C58H101N7O15/c1-4-5-6-7-8-9-10-11-12-13-14-15-16-17-18-24-53(70)65-49(57(75)76)27-26-47(66)23-21-31-77-33-35-79-43-55(72)63-30-32-78-34-36-80-42-54(71)62-29-20-19-22-45(51(68)40-60-41-56(73)74)25-28-52(69)58(2,3)38-50(67)48(59)37-46-39-61-44-64-46/h39,44-45,48-49,60H,4-38,40-43,59H2,1-3H3,(H,61,64)(H,62,71)(H,63,72)(H,65,70)(H,73,74)(H,75,76)/t45-,48+,49+/m1/s1. The van der Waals surface area contributed by atoms with Crippen LogP contribution in [0.5, 0.6) is 0 Å². The highest BCUT2D eigenvalue weighted by Crippen LogP contribution is 2.28. The van der Waals surface area contributed by atoms with Gasteiger partial charge in [-0.2, -0.15) is 0 Å². The van der Waals surface area contributed by atoms with E-state index in [1.165, 1.54) is 77.0 Å². The number of hydrogen-bond acceptors (Lipinski definition) is 16. The molecule has 0 aliphatic rings. The number of amides is 3. The summed E-state index contributed by atoms with van der Waals surface area (Å²) in [7, 11) is 0. The first kappa shape index (κ1) is 73.0. The van der Waals surface area contributed by atoms with Gasteiger partial charge in [0.2, 0.25) is 17.7 Å². The van der Waals surface area contributed by atoms with Gasteiger partial charge in [0.1, 0.15) is 36.6 Å². The molecule has 458 valence electrons. The predicted octanol–water partition coefficient (Wildman–Crippen LogP) is 5.90. The van der Waals surface area contributed by atoms with Crippen molar-refractivity contribution in [2.45, 2.75) is 206 Å². The Morgan fingerprint density at radius 3 is 1.75 bits per heavy atom. The van der Waals surface area contributed by atoms with Crippen LogP contribution in [0.3, 0.4) is 0 Å². The van der Waals surface area contributed by atoms with Crippen LogP contribution in [0.15, 0.2) is 12.5 Å². The van der Waals surface area contributed by atoms with Crippen LogP contribution in [0, 0.1) is 11.3 Å². The number of carbonyl (C=O) groups excluding carboxylic acids is 7. The van der Waals surface area contributed by atoms with E-state index in [4.69, 9.17) is 29.8 Å². The Bertz CT molecular complexity index is 1880. The van der Waals surface area contributed by atoms with E-state index in [0.717, 1.165) is 19.3 Å². The Morgan fingerprint density at radius 2 is 1.18 bits per heavy atom. The van der Waals surface area contributed by atoms with Gasteiger partial charge < -0.3 is 61.1 Å². The maximum absolute atomic E-state index is 13.3. The number of carboxylic acids is 2. The number of hydrogen-bond donors (Lipinski definition) is 8. The number of aliphatic carboxylic acids is 2. The number of rotatable bonds is 57. The summed E-state index contributed by atoms with van der Waals surface area (Å²) < 4.78 is 21.6. The number of unbranched alkanes of at least 4 members (excludes halogenated alkanes) is 15. The van der Waals surface area contributed by atoms with E-state index in [-0.39, 0.29) is 158 Å². The molecular weight excluding hydrogens is 1030 g/mol. The molecule has 0 bridgehead atoms. The van der Waals surface area contributed by atoms with Gasteiger partial charge >= 0.3 is 11.9 Å². The van der Waals surface area contributed by atoms with Gasteiger partial charge in [-0.05, 0) is 38.5 Å². The van der Waals surface area contributed by atoms with Gasteiger partial charge in [0.25, 0.3) is 0 Å². The van der Waals surface area contributed by atoms with E-state index in [9.17, 15) is 48.3 Å². The van der Waals surface area contributed by atoms with E-state index in [1.54, 1.807) is 20.0 Å². The molecule has 0 aliphatic carbocycles. The number of Topliss-reactive ketones (excluding diaryl/α,β-unsaturated/α-hetero) is 4. The number of ketones is 4. The van der Waals surface area contributed by atoms with Gasteiger partial charge in [-0.3, -0.25) is 38.4 Å². The number of ether oxygens (including phenoxy) is 4. The molecule has 22 heteroatoms. The monoisotopic (exact) mass is 1140 g/mol. The summed E-state index contributed by atoms with van der Waals surface area (Å²) in [5, 5.41) is 29.2. The summed E-state index contributed by atoms with van der Waals surface area (Å²) in [6, 6.07) is -1.91. The van der Waals surface area contributed by atoms with Gasteiger partial charge in [-0.15, -0.1) is 0 Å². The Balaban J connectivity index is 2.09. The van der Waals surface area contributed by atoms with Crippen LogP contribution in [-0.4, -0.2) is 164 Å². The third-order valence-corrected chi connectivity index (χ3v) is 13.7. The first-order chi connectivity index (χ1) is 38.4. The third kappa shape index (κ3) is 41.1. The largest absolute Gasteiger partial charge is 0.480 e. The van der Waals surface area contributed by atoms with Crippen molar-refractivity contribution < 1.29 is 72.3 Å². The second-order valence-electron chi connectivity index (χ2n) is 21.4. The highest BCUT2D eigenvalue weighted by Gasteiger charge is 2.33. The summed E-state index contributed by atoms with van der Waals surface area (Å²) in [6.45, 7) is 6.45. The number of nitrogens with one attached hydrogen (secondary N) is 5. The fourth-order valence-corrected chi connectivity index (χ4v) is 8.82. The lowest BCUT2D eigenvalue weighted by atomic mass is 9.78. The molecule has 1 heterocycles. The summed E-state index contributed by atoms with van der Waals surface area (Å²) in [4.78, 5) is 118. The lowest BCUT2D eigenvalue weighted by Crippen LogP contribution is -2.41. The fourth-order valence-electron chi connectivity index (χ4n) is 8.82. The molecule has 3 atom stereocenters. The zero-order chi connectivity index (χ0) is 59.1. The fraction of sp³-hybridized carbons (Fsp3) is 0.793. The second kappa shape index (κ2) is 47.6. The van der Waals surface area contributed by atoms with Gasteiger partial charge in [0.05, 0.1) is 58.5 Å². The van der Waals surface area contributed by atoms with Gasteiger partial charge in [0, 0.05) is 81.4 Å². The van der Waals surface area contributed by atoms with Gasteiger partial charge in [0.15, 0.2) is 5.78 Å². The number of imidazole rings is 1. The smallest absolute Gasteiger partial charge is 0.326 e. The number of nitrogens with zero attached hydrogens (tertiary/aromatic N) is 1. The lowest BCUT2D eigenvalue weighted by molar-refractivity contribution is -0.142. The zero-order valence-electron chi connectivity index (χ0n) is 48.7. The number of carboxylic acid groups (broad SMARTS) is 2. The number of aromatic amines is 1. The van der Waals surface area contributed by atoms with Crippen LogP contribution >= 0.6 is 0 Å². The molecule has 0 unspecified atom stereocenters. The minimum atomic E-state index is -1.15. The molecule has 3 amide bonds. The summed E-state index contributed by atoms with van der Waals surface area (Å²) >= 11 is 0. The zero-order valence-corrected chi connectivity index (χ0v) is 48.7. The first-order valence-corrected chi connectivity index (χ1v) is 29.6. The van der Waals surface area contributed by atoms with Crippen LogP contribution in [0.4, 0.5) is 0 Å². The molecule has 22 nitrogen and oxygen atoms in total. The minimum Gasteiger partial charge on any atom is -0.480 e. The highest BCUT2D eigenvalue weighted by molar-refractivity contribution is 5.93. The van der Waals surface area contributed by atoms with Crippen LogP contribution in [0.1, 0.15) is 193 Å². The van der Waals surface area contributed by atoms with E-state index >= 15 is 0 Å². The van der Waals surface area contributed by atoms with Crippen molar-refractivity contribution in [1.29, 1.82) is 0 Å². The van der Waals surface area contributed by atoms with Crippen molar-refractivity contribution in [3.63, 3.8) is 0 Å². The molecule has 1 aromatic heterocycles. The Kier molecular flexibility index (Phi) is 43.5. The van der Waals surface area contributed by atoms with E-state index < -0.39 is 35.4 Å². The molecule has 9 N–H and O–H groups in total.